The van der Waals surface area contributed by atoms with Crippen LogP contribution in [-0.2, 0) is 4.79 Å². The Kier molecular flexibility index (Phi) is 3.98. The molecule has 9 heteroatoms. The summed E-state index contributed by atoms with van der Waals surface area (Å²) >= 11 is 0. The average Bonchev–Trinajstić information content (AvgIpc) is 2.90. The Bertz CT molecular complexity index is 838. The second-order valence-electron chi connectivity index (χ2n) is 5.07. The molecule has 0 saturated carbocycles. The van der Waals surface area contributed by atoms with Gasteiger partial charge in [0.2, 0.25) is 5.76 Å². The van der Waals surface area contributed by atoms with Crippen molar-refractivity contribution < 1.29 is 28.7 Å². The zero-order valence-corrected chi connectivity index (χ0v) is 12.6. The number of carboxylic acids is 1. The van der Waals surface area contributed by atoms with Gasteiger partial charge in [-0.2, -0.15) is 5.16 Å². The summed E-state index contributed by atoms with van der Waals surface area (Å²) in [4.78, 5) is 36.6. The number of nitrogens with zero attached hydrogens (tertiary/aromatic N) is 1. The van der Waals surface area contributed by atoms with E-state index in [4.69, 9.17) is 14.0 Å². The first-order valence-electron chi connectivity index (χ1n) is 7.04. The summed E-state index contributed by atoms with van der Waals surface area (Å²) in [6.45, 7) is 0.103. The lowest BCUT2D eigenvalue weighted by Crippen LogP contribution is -2.39. The molecular weight excluding hydrogens is 320 g/mol. The van der Waals surface area contributed by atoms with Crippen LogP contribution < -0.4 is 15.0 Å². The molecule has 2 aromatic rings. The number of hydrogen-bond donors (Lipinski definition) is 2. The zero-order chi connectivity index (χ0) is 17.3. The van der Waals surface area contributed by atoms with Crippen LogP contribution in [0.25, 0.3) is 0 Å². The van der Waals surface area contributed by atoms with Crippen molar-refractivity contribution in [2.75, 3.05) is 20.3 Å². The van der Waals surface area contributed by atoms with Crippen molar-refractivity contribution in [3.8, 4) is 11.5 Å². The predicted octanol–water partition coefficient (Wildman–Crippen LogP) is 0.637. The summed E-state index contributed by atoms with van der Waals surface area (Å²) in [6.07, 6.45) is 0. The molecule has 1 amide bonds. The van der Waals surface area contributed by atoms with Gasteiger partial charge in [-0.15, -0.1) is 0 Å². The van der Waals surface area contributed by atoms with Crippen LogP contribution >= 0.6 is 0 Å². The van der Waals surface area contributed by atoms with Crippen LogP contribution in [0.15, 0.2) is 33.6 Å². The number of aromatic amines is 1. The summed E-state index contributed by atoms with van der Waals surface area (Å²) in [5.74, 6) is -1.36. The SMILES string of the molecule is COc1ccc2c(c1)OCCN(C(=O)c1cc(=O)[nH]o1)C2C(=O)O. The average molecular weight is 334 g/mol. The molecule has 0 spiro atoms. The highest BCUT2D eigenvalue weighted by atomic mass is 16.5. The molecule has 126 valence electrons. The Labute approximate surface area is 135 Å². The van der Waals surface area contributed by atoms with Crippen LogP contribution in [0.4, 0.5) is 0 Å². The van der Waals surface area contributed by atoms with Crippen molar-refractivity contribution in [1.29, 1.82) is 0 Å². The fourth-order valence-electron chi connectivity index (χ4n) is 2.56. The molecule has 24 heavy (non-hydrogen) atoms. The molecule has 9 nitrogen and oxygen atoms in total. The van der Waals surface area contributed by atoms with Crippen molar-refractivity contribution in [3.05, 3.63) is 45.9 Å². The molecule has 1 unspecified atom stereocenters. The third kappa shape index (κ3) is 2.71. The lowest BCUT2D eigenvalue weighted by molar-refractivity contribution is -0.142. The highest BCUT2D eigenvalue weighted by molar-refractivity contribution is 5.94. The molecule has 0 aliphatic carbocycles. The number of carbonyl (C=O) groups is 2. The summed E-state index contributed by atoms with van der Waals surface area (Å²) in [7, 11) is 1.48. The Hall–Kier alpha value is -3.23. The molecule has 0 radical (unpaired) electrons. The molecular formula is C15H14N2O7. The molecule has 0 saturated heterocycles. The van der Waals surface area contributed by atoms with E-state index < -0.39 is 23.5 Å². The molecule has 1 aliphatic rings. The van der Waals surface area contributed by atoms with Crippen molar-refractivity contribution in [2.24, 2.45) is 0 Å². The number of methoxy groups -OCH3 is 1. The number of hydrogen-bond acceptors (Lipinski definition) is 6. The number of benzene rings is 1. The number of carboxylic acid groups (broad SMARTS) is 1. The topological polar surface area (TPSA) is 122 Å². The number of rotatable bonds is 3. The number of amides is 1. The highest BCUT2D eigenvalue weighted by Crippen LogP contribution is 2.35. The van der Waals surface area contributed by atoms with Gasteiger partial charge in [-0.3, -0.25) is 9.59 Å². The molecule has 2 heterocycles. The number of fused-ring (bicyclic) bond motifs is 1. The van der Waals surface area contributed by atoms with Crippen LogP contribution in [0.2, 0.25) is 0 Å². The summed E-state index contributed by atoms with van der Waals surface area (Å²) < 4.78 is 15.4. The number of nitrogens with one attached hydrogen (secondary N) is 1. The van der Waals surface area contributed by atoms with E-state index >= 15 is 0 Å². The highest BCUT2D eigenvalue weighted by Gasteiger charge is 2.37. The largest absolute Gasteiger partial charge is 0.497 e. The van der Waals surface area contributed by atoms with Gasteiger partial charge in [0, 0.05) is 11.6 Å². The van der Waals surface area contributed by atoms with Crippen molar-refractivity contribution >= 4 is 11.9 Å². The van der Waals surface area contributed by atoms with Gasteiger partial charge in [-0.1, -0.05) is 0 Å². The normalized spacial score (nSPS) is 16.7. The number of ether oxygens (including phenoxy) is 2. The smallest absolute Gasteiger partial charge is 0.331 e. The van der Waals surface area contributed by atoms with Crippen LogP contribution in [0.5, 0.6) is 11.5 Å². The van der Waals surface area contributed by atoms with Crippen molar-refractivity contribution in [2.45, 2.75) is 6.04 Å². The van der Waals surface area contributed by atoms with E-state index in [9.17, 15) is 19.5 Å². The Morgan fingerprint density at radius 2 is 2.17 bits per heavy atom. The minimum atomic E-state index is -1.28. The Morgan fingerprint density at radius 1 is 1.38 bits per heavy atom. The first-order chi connectivity index (χ1) is 11.5. The van der Waals surface area contributed by atoms with Crippen molar-refractivity contribution in [3.63, 3.8) is 0 Å². The lowest BCUT2D eigenvalue weighted by atomic mass is 10.0. The fraction of sp³-hybridized carbons (Fsp3) is 0.267. The van der Waals surface area contributed by atoms with Gasteiger partial charge in [0.1, 0.15) is 18.1 Å². The first kappa shape index (κ1) is 15.7. The van der Waals surface area contributed by atoms with E-state index in [1.807, 2.05) is 5.16 Å². The molecule has 2 N–H and O–H groups in total. The van der Waals surface area contributed by atoms with Gasteiger partial charge in [-0.05, 0) is 12.1 Å². The molecule has 0 fully saturated rings. The van der Waals surface area contributed by atoms with E-state index in [1.54, 1.807) is 12.1 Å². The number of H-pyrrole nitrogens is 1. The quantitative estimate of drug-likeness (QED) is 0.844. The third-order valence-corrected chi connectivity index (χ3v) is 3.65. The number of aromatic nitrogens is 1. The molecule has 1 aromatic heterocycles. The summed E-state index contributed by atoms with van der Waals surface area (Å²) in [5, 5.41) is 11.6. The maximum Gasteiger partial charge on any atom is 0.331 e. The zero-order valence-electron chi connectivity index (χ0n) is 12.6. The maximum absolute atomic E-state index is 12.5. The maximum atomic E-state index is 12.5. The molecule has 1 aromatic carbocycles. The van der Waals surface area contributed by atoms with E-state index in [0.29, 0.717) is 17.1 Å². The Balaban J connectivity index is 2.04. The van der Waals surface area contributed by atoms with Gasteiger partial charge >= 0.3 is 5.97 Å². The van der Waals surface area contributed by atoms with Crippen molar-refractivity contribution in [1.82, 2.24) is 10.1 Å². The van der Waals surface area contributed by atoms with Crippen LogP contribution in [0, 0.1) is 0 Å². The van der Waals surface area contributed by atoms with E-state index in [2.05, 4.69) is 0 Å². The number of aliphatic carboxylic acids is 1. The number of carbonyl (C=O) groups excluding carboxylic acids is 1. The van der Waals surface area contributed by atoms with E-state index in [0.717, 1.165) is 11.0 Å². The minimum absolute atomic E-state index is 0.0156. The predicted molar refractivity (Wildman–Crippen MR) is 79.2 cm³/mol. The monoisotopic (exact) mass is 334 g/mol. The molecule has 3 rings (SSSR count). The standard InChI is InChI=1S/C15H14N2O7/c1-22-8-2-3-9-10(6-8)23-5-4-17(13(9)15(20)21)14(19)11-7-12(18)16-24-11/h2-3,6-7,13H,4-5H2,1H3,(H,16,18)(H,20,21). The molecule has 1 atom stereocenters. The van der Waals surface area contributed by atoms with Gasteiger partial charge in [0.05, 0.1) is 19.7 Å². The lowest BCUT2D eigenvalue weighted by Gasteiger charge is -2.25. The minimum Gasteiger partial charge on any atom is -0.497 e. The van der Waals surface area contributed by atoms with Gasteiger partial charge < -0.3 is 24.0 Å². The first-order valence-corrected chi connectivity index (χ1v) is 7.04. The summed E-state index contributed by atoms with van der Waals surface area (Å²) in [5.41, 5.74) is -0.270. The second kappa shape index (κ2) is 6.11. The molecule has 0 bridgehead atoms. The molecule has 1 aliphatic heterocycles. The van der Waals surface area contributed by atoms with E-state index in [1.165, 1.54) is 13.2 Å². The van der Waals surface area contributed by atoms with Gasteiger partial charge in [0.15, 0.2) is 6.04 Å². The van der Waals surface area contributed by atoms with Crippen LogP contribution in [0.3, 0.4) is 0 Å². The second-order valence-corrected chi connectivity index (χ2v) is 5.07. The van der Waals surface area contributed by atoms with E-state index in [-0.39, 0.29) is 18.9 Å². The van der Waals surface area contributed by atoms with Gasteiger partial charge in [-0.25, -0.2) is 4.79 Å². The fourth-order valence-corrected chi connectivity index (χ4v) is 2.56. The summed E-state index contributed by atoms with van der Waals surface area (Å²) in [6, 6.07) is 4.38. The third-order valence-electron chi connectivity index (χ3n) is 3.65. The Morgan fingerprint density at radius 3 is 2.79 bits per heavy atom. The van der Waals surface area contributed by atoms with Crippen LogP contribution in [0.1, 0.15) is 22.2 Å². The van der Waals surface area contributed by atoms with Gasteiger partial charge in [0.25, 0.3) is 11.5 Å². The van der Waals surface area contributed by atoms with Crippen LogP contribution in [-0.4, -0.2) is 47.3 Å².